The van der Waals surface area contributed by atoms with Crippen LogP contribution < -0.4 is 0 Å². The first-order valence-corrected chi connectivity index (χ1v) is 1.39. The van der Waals surface area contributed by atoms with Crippen LogP contribution in [0.1, 0.15) is 0 Å². The number of carbonyl (C=O) groups excluding carboxylic acids is 1. The Morgan fingerprint density at radius 1 is 1.50 bits per heavy atom. The topological polar surface area (TPSA) is 20.3 Å². The molecule has 3 heteroatoms. The van der Waals surface area contributed by atoms with Gasteiger partial charge in [-0.25, -0.2) is 0 Å². The minimum Gasteiger partial charge on any atom is -0.351 e. The zero-order chi connectivity index (χ0) is 4.28. The third kappa shape index (κ3) is 8.88. The molecule has 0 aromatic rings. The van der Waals surface area contributed by atoms with Gasteiger partial charge in [0.05, 0.1) is 0 Å². The summed E-state index contributed by atoms with van der Waals surface area (Å²) >= 11 is 0. The predicted molar refractivity (Wildman–Crippen MR) is 19.8 cm³/mol. The molecule has 1 amide bonds. The molecular formula is C3H7AgNO. The first kappa shape index (κ1) is 9.51. The third-order valence-corrected chi connectivity index (χ3v) is 0.211. The third-order valence-electron chi connectivity index (χ3n) is 0.211. The molecule has 0 heterocycles. The summed E-state index contributed by atoms with van der Waals surface area (Å²) in [6.07, 6.45) is 0.750. The maximum Gasteiger partial charge on any atom is 0.209 e. The molecule has 1 radical (unpaired) electrons. The molecule has 41 valence electrons. The Balaban J connectivity index is 0. The largest absolute Gasteiger partial charge is 0.351 e. The first-order chi connectivity index (χ1) is 2.27. The maximum atomic E-state index is 9.43. The molecule has 0 fully saturated rings. The van der Waals surface area contributed by atoms with E-state index in [9.17, 15) is 4.79 Å². The van der Waals surface area contributed by atoms with Crippen molar-refractivity contribution >= 4 is 6.41 Å². The molecule has 0 rings (SSSR count). The van der Waals surface area contributed by atoms with Gasteiger partial charge in [0.15, 0.2) is 0 Å². The van der Waals surface area contributed by atoms with Crippen LogP contribution in [0.25, 0.3) is 0 Å². The Kier molecular flexibility index (Phi) is 8.26. The molecule has 0 aliphatic carbocycles. The van der Waals surface area contributed by atoms with Crippen molar-refractivity contribution in [3.63, 3.8) is 0 Å². The number of carbonyl (C=O) groups is 1. The summed E-state index contributed by atoms with van der Waals surface area (Å²) in [7, 11) is 3.38. The summed E-state index contributed by atoms with van der Waals surface area (Å²) in [5.41, 5.74) is 0. The summed E-state index contributed by atoms with van der Waals surface area (Å²) in [6.45, 7) is 0. The van der Waals surface area contributed by atoms with Gasteiger partial charge in [-0.05, 0) is 0 Å². The summed E-state index contributed by atoms with van der Waals surface area (Å²) < 4.78 is 0. The van der Waals surface area contributed by atoms with Gasteiger partial charge in [-0.1, -0.05) is 0 Å². The molecule has 0 bridgehead atoms. The molecule has 0 aliphatic rings. The standard InChI is InChI=1S/C3H7NO.Ag/c1-4(2)3-5;/h3H,1-2H3;. The molecule has 0 saturated heterocycles. The van der Waals surface area contributed by atoms with Crippen molar-refractivity contribution in [2.45, 2.75) is 0 Å². The monoisotopic (exact) mass is 180 g/mol. The minimum absolute atomic E-state index is 0. The number of hydrogen-bond donors (Lipinski definition) is 0. The van der Waals surface area contributed by atoms with Crippen LogP contribution in [0.4, 0.5) is 0 Å². The van der Waals surface area contributed by atoms with Gasteiger partial charge in [0.2, 0.25) is 6.41 Å². The Morgan fingerprint density at radius 2 is 1.67 bits per heavy atom. The van der Waals surface area contributed by atoms with E-state index in [1.165, 1.54) is 4.90 Å². The van der Waals surface area contributed by atoms with Gasteiger partial charge in [-0.2, -0.15) is 0 Å². The molecule has 0 atom stereocenters. The normalized spacial score (nSPS) is 5.67. The van der Waals surface area contributed by atoms with E-state index < -0.39 is 0 Å². The van der Waals surface area contributed by atoms with Gasteiger partial charge >= 0.3 is 0 Å². The fraction of sp³-hybridized carbons (Fsp3) is 0.667. The SMILES string of the molecule is CN(C)C=O.[Ag]. The van der Waals surface area contributed by atoms with Gasteiger partial charge in [0.1, 0.15) is 0 Å². The van der Waals surface area contributed by atoms with Crippen molar-refractivity contribution in [1.82, 2.24) is 4.90 Å². The molecule has 6 heavy (non-hydrogen) atoms. The summed E-state index contributed by atoms with van der Waals surface area (Å²) in [4.78, 5) is 10.9. The van der Waals surface area contributed by atoms with Crippen LogP contribution in [0.2, 0.25) is 0 Å². The molecular weight excluding hydrogens is 174 g/mol. The molecule has 2 nitrogen and oxygen atoms in total. The zero-order valence-electron chi connectivity index (χ0n) is 3.73. The Morgan fingerprint density at radius 3 is 1.67 bits per heavy atom. The predicted octanol–water partition coefficient (Wildman–Crippen LogP) is -0.298. The quantitative estimate of drug-likeness (QED) is 0.401. The average Bonchev–Trinajstić information content (AvgIpc) is 1.38. The van der Waals surface area contributed by atoms with Crippen molar-refractivity contribution in [2.24, 2.45) is 0 Å². The molecule has 0 saturated carbocycles. The van der Waals surface area contributed by atoms with Gasteiger partial charge in [-0.3, -0.25) is 4.79 Å². The second-order valence-corrected chi connectivity index (χ2v) is 1.07. The van der Waals surface area contributed by atoms with Crippen molar-refractivity contribution in [3.8, 4) is 0 Å². The van der Waals surface area contributed by atoms with Crippen LogP contribution in [0.5, 0.6) is 0 Å². The number of amides is 1. The summed E-state index contributed by atoms with van der Waals surface area (Å²) in [5.74, 6) is 0. The molecule has 0 aromatic carbocycles. The van der Waals surface area contributed by atoms with Gasteiger partial charge in [0, 0.05) is 36.5 Å². The molecule has 0 aliphatic heterocycles. The summed E-state index contributed by atoms with van der Waals surface area (Å²) in [6, 6.07) is 0. The van der Waals surface area contributed by atoms with Crippen LogP contribution in [0, 0.1) is 0 Å². The molecule has 0 unspecified atom stereocenters. The van der Waals surface area contributed by atoms with E-state index in [4.69, 9.17) is 0 Å². The number of hydrogen-bond acceptors (Lipinski definition) is 1. The van der Waals surface area contributed by atoms with E-state index in [0.717, 1.165) is 6.41 Å². The van der Waals surface area contributed by atoms with Gasteiger partial charge < -0.3 is 4.90 Å². The smallest absolute Gasteiger partial charge is 0.209 e. The zero-order valence-corrected chi connectivity index (χ0v) is 5.22. The number of rotatable bonds is 1. The second-order valence-electron chi connectivity index (χ2n) is 1.07. The minimum atomic E-state index is 0. The molecule has 0 N–H and O–H groups in total. The van der Waals surface area contributed by atoms with E-state index >= 15 is 0 Å². The van der Waals surface area contributed by atoms with E-state index in [1.807, 2.05) is 0 Å². The Hall–Kier alpha value is 0.210. The van der Waals surface area contributed by atoms with E-state index in [0.29, 0.717) is 0 Å². The van der Waals surface area contributed by atoms with Crippen LogP contribution in [-0.2, 0) is 27.2 Å². The van der Waals surface area contributed by atoms with Crippen LogP contribution >= 0.6 is 0 Å². The molecule has 0 aromatic heterocycles. The second kappa shape index (κ2) is 5.21. The fourth-order valence-electron chi connectivity index (χ4n) is 0. The van der Waals surface area contributed by atoms with Gasteiger partial charge in [-0.15, -0.1) is 0 Å². The first-order valence-electron chi connectivity index (χ1n) is 1.39. The van der Waals surface area contributed by atoms with Gasteiger partial charge in [0.25, 0.3) is 0 Å². The maximum absolute atomic E-state index is 9.43. The Labute approximate surface area is 53.0 Å². The summed E-state index contributed by atoms with van der Waals surface area (Å²) in [5, 5.41) is 0. The van der Waals surface area contributed by atoms with E-state index in [-0.39, 0.29) is 22.4 Å². The fourth-order valence-corrected chi connectivity index (χ4v) is 0. The van der Waals surface area contributed by atoms with Crippen molar-refractivity contribution < 1.29 is 27.2 Å². The number of nitrogens with zero attached hydrogens (tertiary/aromatic N) is 1. The van der Waals surface area contributed by atoms with E-state index in [1.54, 1.807) is 14.1 Å². The van der Waals surface area contributed by atoms with Crippen molar-refractivity contribution in [1.29, 1.82) is 0 Å². The van der Waals surface area contributed by atoms with Crippen molar-refractivity contribution in [3.05, 3.63) is 0 Å². The van der Waals surface area contributed by atoms with Crippen LogP contribution in [0.3, 0.4) is 0 Å². The van der Waals surface area contributed by atoms with Crippen LogP contribution in [-0.4, -0.2) is 25.4 Å². The molecule has 0 spiro atoms. The Bertz CT molecular complexity index is 37.8. The van der Waals surface area contributed by atoms with Crippen molar-refractivity contribution in [2.75, 3.05) is 14.1 Å². The van der Waals surface area contributed by atoms with E-state index in [2.05, 4.69) is 0 Å². The average molecular weight is 181 g/mol. The van der Waals surface area contributed by atoms with Crippen LogP contribution in [0.15, 0.2) is 0 Å².